The maximum Gasteiger partial charge on any atom is 0.323 e. The molecule has 0 saturated heterocycles. The molecule has 2 N–H and O–H groups in total. The van der Waals surface area contributed by atoms with Gasteiger partial charge in [0, 0.05) is 0 Å². The molecule has 0 aliphatic heterocycles. The van der Waals surface area contributed by atoms with Crippen molar-refractivity contribution in [2.75, 3.05) is 4.72 Å². The average molecular weight is 282 g/mol. The maximum atomic E-state index is 12.8. The van der Waals surface area contributed by atoms with Crippen LogP contribution in [0.4, 0.5) is 10.1 Å². The first-order chi connectivity index (χ1) is 7.74. The molecule has 0 aliphatic rings. The zero-order valence-electron chi connectivity index (χ0n) is 8.65. The van der Waals surface area contributed by atoms with E-state index in [2.05, 4.69) is 0 Å². The maximum absolute atomic E-state index is 12.8. The van der Waals surface area contributed by atoms with Gasteiger partial charge in [0.15, 0.2) is 5.25 Å². The Morgan fingerprint density at radius 1 is 1.53 bits per heavy atom. The molecule has 1 rings (SSSR count). The summed E-state index contributed by atoms with van der Waals surface area (Å²) in [4.78, 5) is 10.6. The van der Waals surface area contributed by atoms with E-state index >= 15 is 0 Å². The molecule has 0 aromatic heterocycles. The fourth-order valence-electron chi connectivity index (χ4n) is 0.945. The van der Waals surface area contributed by atoms with E-state index in [0.717, 1.165) is 25.1 Å². The Balaban J connectivity index is 2.98. The highest BCUT2D eigenvalue weighted by Gasteiger charge is 2.27. The number of sulfonamides is 1. The van der Waals surface area contributed by atoms with Crippen LogP contribution in [-0.4, -0.2) is 24.7 Å². The molecule has 0 heterocycles. The second-order valence-electron chi connectivity index (χ2n) is 3.26. The molecule has 0 bridgehead atoms. The van der Waals surface area contributed by atoms with Crippen molar-refractivity contribution >= 4 is 33.3 Å². The lowest BCUT2D eigenvalue weighted by molar-refractivity contribution is -0.136. The Labute approximate surface area is 102 Å². The lowest BCUT2D eigenvalue weighted by atomic mass is 10.3. The van der Waals surface area contributed by atoms with Crippen LogP contribution in [0.25, 0.3) is 0 Å². The molecule has 17 heavy (non-hydrogen) atoms. The average Bonchev–Trinajstić information content (AvgIpc) is 2.22. The van der Waals surface area contributed by atoms with Crippen LogP contribution in [0, 0.1) is 5.82 Å². The van der Waals surface area contributed by atoms with Gasteiger partial charge in [-0.1, -0.05) is 11.6 Å². The molecule has 1 aromatic carbocycles. The van der Waals surface area contributed by atoms with Crippen molar-refractivity contribution in [3.63, 3.8) is 0 Å². The molecule has 0 amide bonds. The standard InChI is InChI=1S/C9H9ClFNO4S/c1-5(9(13)14)17(15,16)12-6-2-3-8(11)7(10)4-6/h2-5,12H,1H3,(H,13,14). The van der Waals surface area contributed by atoms with Crippen LogP contribution in [0.3, 0.4) is 0 Å². The molecule has 8 heteroatoms. The quantitative estimate of drug-likeness (QED) is 0.880. The fraction of sp³-hybridized carbons (Fsp3) is 0.222. The molecule has 0 spiro atoms. The van der Waals surface area contributed by atoms with Crippen LogP contribution < -0.4 is 4.72 Å². The minimum absolute atomic E-state index is 0.00417. The largest absolute Gasteiger partial charge is 0.480 e. The first kappa shape index (κ1) is 13.7. The first-order valence-electron chi connectivity index (χ1n) is 4.43. The van der Waals surface area contributed by atoms with Gasteiger partial charge in [-0.2, -0.15) is 0 Å². The van der Waals surface area contributed by atoms with Crippen molar-refractivity contribution in [2.45, 2.75) is 12.2 Å². The topological polar surface area (TPSA) is 83.5 Å². The number of carboxylic acids is 1. The normalized spacial score (nSPS) is 13.1. The number of halogens is 2. The summed E-state index contributed by atoms with van der Waals surface area (Å²) >= 11 is 5.46. The van der Waals surface area contributed by atoms with Gasteiger partial charge >= 0.3 is 5.97 Å². The molecule has 1 aromatic rings. The third-order valence-corrected chi connectivity index (χ3v) is 3.94. The summed E-state index contributed by atoms with van der Waals surface area (Å²) in [5, 5.41) is 6.71. The van der Waals surface area contributed by atoms with Crippen molar-refractivity contribution in [1.82, 2.24) is 0 Å². The molecule has 0 radical (unpaired) electrons. The van der Waals surface area contributed by atoms with E-state index in [1.165, 1.54) is 0 Å². The minimum Gasteiger partial charge on any atom is -0.480 e. The predicted octanol–water partition coefficient (Wildman–Crippen LogP) is 1.69. The molecule has 0 aliphatic carbocycles. The van der Waals surface area contributed by atoms with Crippen molar-refractivity contribution in [3.8, 4) is 0 Å². The SMILES string of the molecule is CC(C(=O)O)S(=O)(=O)Nc1ccc(F)c(Cl)c1. The second kappa shape index (κ2) is 4.89. The van der Waals surface area contributed by atoms with Crippen molar-refractivity contribution in [3.05, 3.63) is 29.0 Å². The number of nitrogens with one attached hydrogen (secondary N) is 1. The molecule has 0 saturated carbocycles. The molecular weight excluding hydrogens is 273 g/mol. The molecular formula is C9H9ClFNO4S. The third-order valence-electron chi connectivity index (χ3n) is 1.99. The van der Waals surface area contributed by atoms with E-state index in [-0.39, 0.29) is 10.7 Å². The second-order valence-corrected chi connectivity index (χ2v) is 5.66. The van der Waals surface area contributed by atoms with E-state index in [1.54, 1.807) is 0 Å². The number of hydrogen-bond acceptors (Lipinski definition) is 3. The highest BCUT2D eigenvalue weighted by Crippen LogP contribution is 2.20. The molecule has 94 valence electrons. The van der Waals surface area contributed by atoms with Crippen molar-refractivity contribution in [1.29, 1.82) is 0 Å². The summed E-state index contributed by atoms with van der Waals surface area (Å²) in [6.07, 6.45) is 0. The van der Waals surface area contributed by atoms with Gasteiger partial charge in [0.2, 0.25) is 10.0 Å². The van der Waals surface area contributed by atoms with Crippen LogP contribution in [0.1, 0.15) is 6.92 Å². The number of carboxylic acid groups (broad SMARTS) is 1. The highest BCUT2D eigenvalue weighted by molar-refractivity contribution is 7.94. The van der Waals surface area contributed by atoms with Gasteiger partial charge in [0.1, 0.15) is 5.82 Å². The molecule has 1 atom stereocenters. The zero-order chi connectivity index (χ0) is 13.2. The Bertz CT molecular complexity index is 546. The van der Waals surface area contributed by atoms with E-state index < -0.39 is 27.1 Å². The van der Waals surface area contributed by atoms with E-state index in [9.17, 15) is 17.6 Å². The van der Waals surface area contributed by atoms with Gasteiger partial charge in [-0.15, -0.1) is 0 Å². The number of anilines is 1. The van der Waals surface area contributed by atoms with Crippen LogP contribution in [0.15, 0.2) is 18.2 Å². The third kappa shape index (κ3) is 3.31. The summed E-state index contributed by atoms with van der Waals surface area (Å²) in [6.45, 7) is 1.02. The Morgan fingerprint density at radius 3 is 2.59 bits per heavy atom. The summed E-state index contributed by atoms with van der Waals surface area (Å²) in [5.74, 6) is -2.17. The fourth-order valence-corrected chi connectivity index (χ4v) is 2.02. The summed E-state index contributed by atoms with van der Waals surface area (Å²) < 4.78 is 37.8. The van der Waals surface area contributed by atoms with Gasteiger partial charge in [0.25, 0.3) is 0 Å². The molecule has 1 unspecified atom stereocenters. The summed E-state index contributed by atoms with van der Waals surface area (Å²) in [6, 6.07) is 3.18. The highest BCUT2D eigenvalue weighted by atomic mass is 35.5. The first-order valence-corrected chi connectivity index (χ1v) is 6.36. The van der Waals surface area contributed by atoms with Gasteiger partial charge in [-0.3, -0.25) is 9.52 Å². The van der Waals surface area contributed by atoms with Gasteiger partial charge in [-0.25, -0.2) is 12.8 Å². The number of aliphatic carboxylic acids is 1. The van der Waals surface area contributed by atoms with Crippen molar-refractivity contribution < 1.29 is 22.7 Å². The van der Waals surface area contributed by atoms with Crippen LogP contribution in [0.5, 0.6) is 0 Å². The van der Waals surface area contributed by atoms with Crippen LogP contribution >= 0.6 is 11.6 Å². The molecule has 5 nitrogen and oxygen atoms in total. The molecule has 0 fully saturated rings. The van der Waals surface area contributed by atoms with E-state index in [0.29, 0.717) is 0 Å². The minimum atomic E-state index is -4.07. The number of rotatable bonds is 4. The van der Waals surface area contributed by atoms with Crippen molar-refractivity contribution in [2.24, 2.45) is 0 Å². The monoisotopic (exact) mass is 281 g/mol. The van der Waals surface area contributed by atoms with E-state index in [1.807, 2.05) is 4.72 Å². The van der Waals surface area contributed by atoms with Gasteiger partial charge < -0.3 is 5.11 Å². The Hall–Kier alpha value is -1.34. The number of benzene rings is 1. The smallest absolute Gasteiger partial charge is 0.323 e. The lowest BCUT2D eigenvalue weighted by Crippen LogP contribution is -2.32. The zero-order valence-corrected chi connectivity index (χ0v) is 10.2. The Morgan fingerprint density at radius 2 is 2.12 bits per heavy atom. The predicted molar refractivity (Wildman–Crippen MR) is 61.1 cm³/mol. The summed E-state index contributed by atoms with van der Waals surface area (Å²) in [7, 11) is -4.07. The van der Waals surface area contributed by atoms with Crippen LogP contribution in [0.2, 0.25) is 5.02 Å². The van der Waals surface area contributed by atoms with E-state index in [4.69, 9.17) is 16.7 Å². The van der Waals surface area contributed by atoms with Gasteiger partial charge in [-0.05, 0) is 25.1 Å². The summed E-state index contributed by atoms with van der Waals surface area (Å²) in [5.41, 5.74) is 0.00417. The van der Waals surface area contributed by atoms with Crippen LogP contribution in [-0.2, 0) is 14.8 Å². The van der Waals surface area contributed by atoms with Gasteiger partial charge in [0.05, 0.1) is 10.7 Å². The number of hydrogen-bond donors (Lipinski definition) is 2. The lowest BCUT2D eigenvalue weighted by Gasteiger charge is -2.11. The Kier molecular flexibility index (Phi) is 3.94. The number of carbonyl (C=O) groups is 1.